The molecule has 4 rings (SSSR count). The van der Waals surface area contributed by atoms with E-state index in [4.69, 9.17) is 0 Å². The zero-order chi connectivity index (χ0) is 16.5. The summed E-state index contributed by atoms with van der Waals surface area (Å²) < 4.78 is 3.18. The molecule has 124 valence electrons. The lowest BCUT2D eigenvalue weighted by Crippen LogP contribution is -2.39. The van der Waals surface area contributed by atoms with Crippen LogP contribution in [0.1, 0.15) is 29.4 Å². The Kier molecular flexibility index (Phi) is 4.51. The van der Waals surface area contributed by atoms with E-state index in [2.05, 4.69) is 30.5 Å². The van der Waals surface area contributed by atoms with Crippen LogP contribution in [0.2, 0.25) is 0 Å². The minimum absolute atomic E-state index is 0.0391. The van der Waals surface area contributed by atoms with Crippen molar-refractivity contribution in [2.75, 3.05) is 13.1 Å². The van der Waals surface area contributed by atoms with Crippen LogP contribution in [0, 0.1) is 0 Å². The van der Waals surface area contributed by atoms with Gasteiger partial charge in [0.1, 0.15) is 10.7 Å². The maximum absolute atomic E-state index is 12.7. The van der Waals surface area contributed by atoms with Crippen LogP contribution in [0.4, 0.5) is 0 Å². The summed E-state index contributed by atoms with van der Waals surface area (Å²) in [5.74, 6) is 0.0391. The van der Waals surface area contributed by atoms with E-state index in [1.807, 2.05) is 34.3 Å². The molecule has 1 saturated heterocycles. The van der Waals surface area contributed by atoms with Crippen molar-refractivity contribution in [3.8, 4) is 9.88 Å². The number of rotatable bonds is 3. The average molecular weight is 423 g/mol. The van der Waals surface area contributed by atoms with E-state index in [-0.39, 0.29) is 5.91 Å². The number of amides is 1. The zero-order valence-electron chi connectivity index (χ0n) is 12.8. The van der Waals surface area contributed by atoms with Crippen molar-refractivity contribution in [2.24, 2.45) is 0 Å². The molecule has 4 heterocycles. The van der Waals surface area contributed by atoms with Gasteiger partial charge in [0.15, 0.2) is 0 Å². The lowest BCUT2D eigenvalue weighted by molar-refractivity contribution is 0.0689. The van der Waals surface area contributed by atoms with E-state index in [1.165, 1.54) is 11.3 Å². The molecule has 1 amide bonds. The molecular weight excluding hydrogens is 408 g/mol. The van der Waals surface area contributed by atoms with Crippen LogP contribution in [-0.4, -0.2) is 38.4 Å². The summed E-state index contributed by atoms with van der Waals surface area (Å²) in [6, 6.07) is 2.47. The highest BCUT2D eigenvalue weighted by atomic mass is 79.9. The Balaban J connectivity index is 1.42. The van der Waals surface area contributed by atoms with Crippen LogP contribution in [0.25, 0.3) is 9.88 Å². The molecule has 8 heteroatoms. The largest absolute Gasteiger partial charge is 0.337 e. The molecule has 0 spiro atoms. The lowest BCUT2D eigenvalue weighted by atomic mass is 10.0. The second kappa shape index (κ2) is 6.78. The second-order valence-corrected chi connectivity index (χ2v) is 8.39. The number of likely N-dealkylation sites (tertiary alicyclic amines) is 1. The van der Waals surface area contributed by atoms with Crippen molar-refractivity contribution < 1.29 is 4.79 Å². The minimum Gasteiger partial charge on any atom is -0.337 e. The summed E-state index contributed by atoms with van der Waals surface area (Å²) >= 11 is 6.61. The van der Waals surface area contributed by atoms with Crippen LogP contribution < -0.4 is 0 Å². The molecule has 0 radical (unpaired) electrons. The van der Waals surface area contributed by atoms with Crippen LogP contribution >= 0.6 is 38.6 Å². The predicted molar refractivity (Wildman–Crippen MR) is 99.5 cm³/mol. The Morgan fingerprint density at radius 2 is 2.08 bits per heavy atom. The third kappa shape index (κ3) is 3.18. The first kappa shape index (κ1) is 16.0. The fraction of sp³-hybridized carbons (Fsp3) is 0.312. The number of hydrogen-bond acceptors (Lipinski definition) is 5. The van der Waals surface area contributed by atoms with E-state index in [0.717, 1.165) is 40.3 Å². The first-order valence-electron chi connectivity index (χ1n) is 7.67. The number of aromatic nitrogens is 3. The van der Waals surface area contributed by atoms with Crippen LogP contribution in [0.15, 0.2) is 40.0 Å². The van der Waals surface area contributed by atoms with Crippen LogP contribution in [0.5, 0.6) is 0 Å². The predicted octanol–water partition coefficient (Wildman–Crippen LogP) is 4.31. The number of hydrogen-bond donors (Lipinski definition) is 0. The first-order valence-corrected chi connectivity index (χ1v) is 10.2. The molecule has 0 unspecified atom stereocenters. The fourth-order valence-corrected chi connectivity index (χ4v) is 5.23. The molecule has 0 atom stereocenters. The molecule has 3 aromatic rings. The van der Waals surface area contributed by atoms with E-state index in [0.29, 0.717) is 11.7 Å². The number of imidazole rings is 1. The standard InChI is InChI=1S/C16H15BrN4OS2/c17-11-7-14(23-8-11)15-19-13(9-24-15)16(22)20-4-1-12(2-5-20)21-6-3-18-10-21/h3,6-10,12H,1-2,4-5H2. The van der Waals surface area contributed by atoms with Crippen molar-refractivity contribution >= 4 is 44.5 Å². The monoisotopic (exact) mass is 422 g/mol. The van der Waals surface area contributed by atoms with Gasteiger partial charge in [0.2, 0.25) is 0 Å². The van der Waals surface area contributed by atoms with Gasteiger partial charge in [-0.25, -0.2) is 9.97 Å². The molecule has 24 heavy (non-hydrogen) atoms. The maximum atomic E-state index is 12.7. The highest BCUT2D eigenvalue weighted by molar-refractivity contribution is 9.10. The van der Waals surface area contributed by atoms with Crippen molar-refractivity contribution in [3.05, 3.63) is 45.7 Å². The normalized spacial score (nSPS) is 15.8. The smallest absolute Gasteiger partial charge is 0.273 e. The Morgan fingerprint density at radius 3 is 2.75 bits per heavy atom. The quantitative estimate of drug-likeness (QED) is 0.631. The molecule has 0 N–H and O–H groups in total. The number of carbonyl (C=O) groups excluding carboxylic acids is 1. The molecular formula is C16H15BrN4OS2. The van der Waals surface area contributed by atoms with Crippen molar-refractivity contribution in [2.45, 2.75) is 18.9 Å². The number of halogens is 1. The van der Waals surface area contributed by atoms with E-state index < -0.39 is 0 Å². The summed E-state index contributed by atoms with van der Waals surface area (Å²) in [4.78, 5) is 24.3. The van der Waals surface area contributed by atoms with E-state index in [9.17, 15) is 4.79 Å². The number of carbonyl (C=O) groups is 1. The summed E-state index contributed by atoms with van der Waals surface area (Å²) in [6.07, 6.45) is 7.56. The molecule has 1 fully saturated rings. The average Bonchev–Trinajstić information content (AvgIpc) is 3.35. The summed E-state index contributed by atoms with van der Waals surface area (Å²) in [5.41, 5.74) is 0.556. The highest BCUT2D eigenvalue weighted by Crippen LogP contribution is 2.32. The Morgan fingerprint density at radius 1 is 1.25 bits per heavy atom. The molecule has 1 aliphatic heterocycles. The minimum atomic E-state index is 0.0391. The molecule has 1 aliphatic rings. The van der Waals surface area contributed by atoms with Gasteiger partial charge in [0, 0.05) is 46.8 Å². The molecule has 0 aromatic carbocycles. The van der Waals surface area contributed by atoms with Crippen molar-refractivity contribution in [1.82, 2.24) is 19.4 Å². The third-order valence-electron chi connectivity index (χ3n) is 4.20. The van der Waals surface area contributed by atoms with Gasteiger partial charge in [-0.15, -0.1) is 22.7 Å². The second-order valence-electron chi connectivity index (χ2n) is 5.70. The maximum Gasteiger partial charge on any atom is 0.273 e. The SMILES string of the molecule is O=C(c1csc(-c2cc(Br)cs2)n1)N1CCC(n2ccnc2)CC1. The molecule has 0 bridgehead atoms. The van der Waals surface area contributed by atoms with E-state index in [1.54, 1.807) is 17.5 Å². The van der Waals surface area contributed by atoms with Gasteiger partial charge in [-0.2, -0.15) is 0 Å². The number of piperidine rings is 1. The molecule has 0 aliphatic carbocycles. The molecule has 0 saturated carbocycles. The van der Waals surface area contributed by atoms with Crippen molar-refractivity contribution in [3.63, 3.8) is 0 Å². The van der Waals surface area contributed by atoms with Gasteiger partial charge in [-0.3, -0.25) is 4.79 Å². The Bertz CT molecular complexity index is 834. The van der Waals surface area contributed by atoms with E-state index >= 15 is 0 Å². The number of thiophene rings is 1. The Labute approximate surface area is 156 Å². The van der Waals surface area contributed by atoms with Gasteiger partial charge in [-0.05, 0) is 34.8 Å². The van der Waals surface area contributed by atoms with Gasteiger partial charge in [0.25, 0.3) is 5.91 Å². The summed E-state index contributed by atoms with van der Waals surface area (Å²) in [7, 11) is 0. The topological polar surface area (TPSA) is 51.0 Å². The fourth-order valence-electron chi connectivity index (χ4n) is 2.92. The lowest BCUT2D eigenvalue weighted by Gasteiger charge is -2.32. The third-order valence-corrected chi connectivity index (χ3v) is 6.90. The van der Waals surface area contributed by atoms with Crippen molar-refractivity contribution in [1.29, 1.82) is 0 Å². The molecule has 5 nitrogen and oxygen atoms in total. The van der Waals surface area contributed by atoms with Gasteiger partial charge >= 0.3 is 0 Å². The summed E-state index contributed by atoms with van der Waals surface area (Å²) in [5, 5.41) is 4.80. The van der Waals surface area contributed by atoms with Gasteiger partial charge < -0.3 is 9.47 Å². The molecule has 3 aromatic heterocycles. The zero-order valence-corrected chi connectivity index (χ0v) is 16.0. The Hall–Kier alpha value is -1.51. The van der Waals surface area contributed by atoms with Crippen LogP contribution in [-0.2, 0) is 0 Å². The number of nitrogens with zero attached hydrogens (tertiary/aromatic N) is 4. The van der Waals surface area contributed by atoms with Gasteiger partial charge in [-0.1, -0.05) is 0 Å². The first-order chi connectivity index (χ1) is 11.7. The van der Waals surface area contributed by atoms with Crippen LogP contribution in [0.3, 0.4) is 0 Å². The number of thiazole rings is 1. The van der Waals surface area contributed by atoms with Gasteiger partial charge in [0.05, 0.1) is 11.2 Å². The summed E-state index contributed by atoms with van der Waals surface area (Å²) in [6.45, 7) is 1.53. The highest BCUT2D eigenvalue weighted by Gasteiger charge is 2.25.